The quantitative estimate of drug-likeness (QED) is 0.702. The summed E-state index contributed by atoms with van der Waals surface area (Å²) in [4.78, 5) is 27.1. The van der Waals surface area contributed by atoms with Crippen molar-refractivity contribution in [2.45, 2.75) is 19.5 Å². The van der Waals surface area contributed by atoms with Crippen molar-refractivity contribution >= 4 is 39.7 Å². The molecule has 0 radical (unpaired) electrons. The van der Waals surface area contributed by atoms with Gasteiger partial charge in [-0.15, -0.1) is 11.3 Å². The number of carbonyl (C=O) groups excluding carboxylic acids is 1. The Morgan fingerprint density at radius 1 is 1.45 bits per heavy atom. The molecule has 3 aromatic heterocycles. The highest BCUT2D eigenvalue weighted by Crippen LogP contribution is 2.13. The molecule has 0 aromatic carbocycles. The summed E-state index contributed by atoms with van der Waals surface area (Å²) in [5.74, 6) is 0.520. The first-order valence-corrected chi connectivity index (χ1v) is 7.93. The summed E-state index contributed by atoms with van der Waals surface area (Å²) < 4.78 is 7.50. The topological polar surface area (TPSA) is 80.0 Å². The van der Waals surface area contributed by atoms with E-state index in [1.54, 1.807) is 18.4 Å². The van der Waals surface area contributed by atoms with Crippen molar-refractivity contribution in [2.24, 2.45) is 0 Å². The maximum atomic E-state index is 12.3. The van der Waals surface area contributed by atoms with Crippen molar-refractivity contribution in [3.8, 4) is 0 Å². The lowest BCUT2D eigenvalue weighted by atomic mass is 10.3. The molecule has 0 saturated carbocycles. The van der Waals surface area contributed by atoms with E-state index in [1.165, 1.54) is 15.9 Å². The van der Waals surface area contributed by atoms with Gasteiger partial charge in [-0.2, -0.15) is 0 Å². The molecule has 6 nitrogen and oxygen atoms in total. The van der Waals surface area contributed by atoms with Crippen LogP contribution < -0.4 is 10.9 Å². The zero-order valence-corrected chi connectivity index (χ0v) is 13.1. The Morgan fingerprint density at radius 3 is 3.09 bits per heavy atom. The minimum atomic E-state index is -0.163. The molecule has 0 atom stereocenters. The molecule has 0 aliphatic heterocycles. The molecule has 3 heterocycles. The summed E-state index contributed by atoms with van der Waals surface area (Å²) in [5, 5.41) is 4.57. The second-order valence-corrected chi connectivity index (χ2v) is 5.96. The fraction of sp³-hybridized carbons (Fsp3) is 0.214. The van der Waals surface area contributed by atoms with Crippen molar-refractivity contribution in [2.75, 3.05) is 0 Å². The van der Waals surface area contributed by atoms with E-state index in [4.69, 9.17) is 16.6 Å². The standard InChI is InChI=1S/C14H13N3O3S2/c18-11(15-8-9-2-1-6-20-9)3-5-17-13(19)12-10(4-7-22-12)16-14(17)21/h1-2,4,6-7H,3,5,8H2,(H,15,18)(H,16,21). The number of hydrogen-bond donors (Lipinski definition) is 2. The highest BCUT2D eigenvalue weighted by Gasteiger charge is 2.09. The van der Waals surface area contributed by atoms with Crippen LogP contribution >= 0.6 is 23.6 Å². The molecule has 0 aliphatic carbocycles. The van der Waals surface area contributed by atoms with Crippen LogP contribution in [0.2, 0.25) is 0 Å². The molecule has 3 aromatic rings. The number of fused-ring (bicyclic) bond motifs is 1. The number of rotatable bonds is 5. The highest BCUT2D eigenvalue weighted by molar-refractivity contribution is 7.71. The van der Waals surface area contributed by atoms with E-state index in [0.717, 1.165) is 5.52 Å². The number of furan rings is 1. The Morgan fingerprint density at radius 2 is 2.32 bits per heavy atom. The van der Waals surface area contributed by atoms with Crippen molar-refractivity contribution in [1.82, 2.24) is 14.9 Å². The van der Waals surface area contributed by atoms with Crippen molar-refractivity contribution in [3.05, 3.63) is 50.7 Å². The molecule has 0 spiro atoms. The number of nitrogens with zero attached hydrogens (tertiary/aromatic N) is 1. The van der Waals surface area contributed by atoms with Crippen LogP contribution in [0, 0.1) is 4.77 Å². The number of hydrogen-bond acceptors (Lipinski definition) is 5. The average Bonchev–Trinajstić information content (AvgIpc) is 3.15. The maximum Gasteiger partial charge on any atom is 0.272 e. The Bertz CT molecular complexity index is 905. The van der Waals surface area contributed by atoms with Gasteiger partial charge in [-0.1, -0.05) is 0 Å². The fourth-order valence-electron chi connectivity index (χ4n) is 2.07. The monoisotopic (exact) mass is 335 g/mol. The van der Waals surface area contributed by atoms with E-state index in [-0.39, 0.29) is 24.4 Å². The van der Waals surface area contributed by atoms with Gasteiger partial charge in [0, 0.05) is 13.0 Å². The summed E-state index contributed by atoms with van der Waals surface area (Å²) in [5.41, 5.74) is 0.575. The summed E-state index contributed by atoms with van der Waals surface area (Å²) in [7, 11) is 0. The van der Waals surface area contributed by atoms with Gasteiger partial charge in [0.15, 0.2) is 4.77 Å². The SMILES string of the molecule is O=C(CCn1c(=S)[nH]c2ccsc2c1=O)NCc1ccco1. The molecule has 0 aliphatic rings. The first-order chi connectivity index (χ1) is 10.6. The first kappa shape index (κ1) is 14.7. The van der Waals surface area contributed by atoms with E-state index >= 15 is 0 Å². The summed E-state index contributed by atoms with van der Waals surface area (Å²) in [6.07, 6.45) is 1.73. The van der Waals surface area contributed by atoms with E-state index in [0.29, 0.717) is 21.8 Å². The predicted octanol–water partition coefficient (Wildman–Crippen LogP) is 2.42. The van der Waals surface area contributed by atoms with Crippen LogP contribution in [0.4, 0.5) is 0 Å². The smallest absolute Gasteiger partial charge is 0.272 e. The van der Waals surface area contributed by atoms with Crippen molar-refractivity contribution < 1.29 is 9.21 Å². The van der Waals surface area contributed by atoms with Gasteiger partial charge in [0.25, 0.3) is 5.56 Å². The van der Waals surface area contributed by atoms with Gasteiger partial charge < -0.3 is 14.7 Å². The minimum absolute atomic E-state index is 0.160. The van der Waals surface area contributed by atoms with Gasteiger partial charge in [-0.25, -0.2) is 0 Å². The third-order valence-electron chi connectivity index (χ3n) is 3.19. The van der Waals surface area contributed by atoms with Crippen LogP contribution in [0.1, 0.15) is 12.2 Å². The van der Waals surface area contributed by atoms with E-state index < -0.39 is 0 Å². The first-order valence-electron chi connectivity index (χ1n) is 6.64. The van der Waals surface area contributed by atoms with E-state index in [1.807, 2.05) is 11.4 Å². The second kappa shape index (κ2) is 6.29. The molecule has 3 rings (SSSR count). The minimum Gasteiger partial charge on any atom is -0.467 e. The lowest BCUT2D eigenvalue weighted by molar-refractivity contribution is -0.121. The van der Waals surface area contributed by atoms with Gasteiger partial charge >= 0.3 is 0 Å². The number of thiophene rings is 1. The molecular formula is C14H13N3O3S2. The van der Waals surface area contributed by atoms with Gasteiger partial charge in [-0.05, 0) is 35.8 Å². The molecule has 0 unspecified atom stereocenters. The van der Waals surface area contributed by atoms with Crippen LogP contribution in [0.5, 0.6) is 0 Å². The number of H-pyrrole nitrogens is 1. The van der Waals surface area contributed by atoms with Crippen LogP contribution in [0.25, 0.3) is 10.2 Å². The van der Waals surface area contributed by atoms with Gasteiger partial charge in [0.2, 0.25) is 5.91 Å². The zero-order chi connectivity index (χ0) is 15.5. The molecule has 0 fully saturated rings. The lowest BCUT2D eigenvalue weighted by Crippen LogP contribution is -2.27. The lowest BCUT2D eigenvalue weighted by Gasteiger charge is -2.07. The molecule has 1 amide bonds. The second-order valence-electron chi connectivity index (χ2n) is 4.66. The largest absolute Gasteiger partial charge is 0.467 e. The number of amides is 1. The Balaban J connectivity index is 1.67. The van der Waals surface area contributed by atoms with Crippen LogP contribution in [0.15, 0.2) is 39.1 Å². The van der Waals surface area contributed by atoms with Crippen LogP contribution in [-0.4, -0.2) is 15.5 Å². The molecule has 22 heavy (non-hydrogen) atoms. The molecule has 114 valence electrons. The van der Waals surface area contributed by atoms with Crippen molar-refractivity contribution in [1.29, 1.82) is 0 Å². The average molecular weight is 335 g/mol. The normalized spacial score (nSPS) is 10.9. The molecule has 8 heteroatoms. The zero-order valence-electron chi connectivity index (χ0n) is 11.5. The van der Waals surface area contributed by atoms with Gasteiger partial charge in [0.1, 0.15) is 10.5 Å². The van der Waals surface area contributed by atoms with Crippen LogP contribution in [0.3, 0.4) is 0 Å². The third-order valence-corrected chi connectivity index (χ3v) is 4.42. The Kier molecular flexibility index (Phi) is 4.21. The fourth-order valence-corrected chi connectivity index (χ4v) is 3.16. The number of nitrogens with one attached hydrogen (secondary N) is 2. The molecule has 0 bridgehead atoms. The molecule has 2 N–H and O–H groups in total. The molecular weight excluding hydrogens is 322 g/mol. The Hall–Kier alpha value is -2.19. The molecule has 0 saturated heterocycles. The van der Waals surface area contributed by atoms with Gasteiger partial charge in [-0.3, -0.25) is 14.2 Å². The number of carbonyl (C=O) groups is 1. The number of aromatic amines is 1. The van der Waals surface area contributed by atoms with E-state index in [2.05, 4.69) is 10.3 Å². The summed E-state index contributed by atoms with van der Waals surface area (Å²) in [6.45, 7) is 0.573. The van der Waals surface area contributed by atoms with E-state index in [9.17, 15) is 9.59 Å². The predicted molar refractivity (Wildman–Crippen MR) is 86.4 cm³/mol. The highest BCUT2D eigenvalue weighted by atomic mass is 32.1. The Labute approximate surface area is 134 Å². The third kappa shape index (κ3) is 3.02. The summed E-state index contributed by atoms with van der Waals surface area (Å²) >= 11 is 6.54. The number of aromatic nitrogens is 2. The maximum absolute atomic E-state index is 12.3. The van der Waals surface area contributed by atoms with Crippen LogP contribution in [-0.2, 0) is 17.9 Å². The van der Waals surface area contributed by atoms with Gasteiger partial charge in [0.05, 0.1) is 18.3 Å². The van der Waals surface area contributed by atoms with Crippen molar-refractivity contribution in [3.63, 3.8) is 0 Å². The summed E-state index contributed by atoms with van der Waals surface area (Å²) in [6, 6.07) is 5.36.